The SMILES string of the molecule is C=CC(=O)Nc1nc(CCCC)n(Cc2ccc(-c3ccccc3-c3nnnn3C(c3ccccc3)(c3ccccc3)c3ccccc3)cc2)c1C(=O)OCC. The first-order chi connectivity index (χ1) is 27.5. The summed E-state index contributed by atoms with van der Waals surface area (Å²) in [5, 5.41) is 16.5. The fourth-order valence-corrected chi connectivity index (χ4v) is 7.24. The van der Waals surface area contributed by atoms with Crippen LogP contribution in [0.3, 0.4) is 0 Å². The Morgan fingerprint density at radius 2 is 1.34 bits per heavy atom. The van der Waals surface area contributed by atoms with E-state index >= 15 is 0 Å². The third kappa shape index (κ3) is 7.29. The lowest BCUT2D eigenvalue weighted by atomic mass is 9.77. The second-order valence-corrected chi connectivity index (χ2v) is 13.3. The van der Waals surface area contributed by atoms with Crippen LogP contribution in [0.5, 0.6) is 0 Å². The Hall–Kier alpha value is -6.94. The molecule has 0 aliphatic heterocycles. The summed E-state index contributed by atoms with van der Waals surface area (Å²) in [4.78, 5) is 30.3. The molecule has 0 saturated carbocycles. The minimum atomic E-state index is -0.902. The Kier molecular flexibility index (Phi) is 11.4. The number of unbranched alkanes of at least 4 members (excludes halogenated alkanes) is 1. The standard InChI is InChI=1S/C46H43N7O3/c1-4-7-27-40-47-43(48-41(54)5-2)42(45(55)56-6-3)52(40)32-33-28-30-34(31-29-33)38-25-17-18-26-39(38)44-49-50-51-53(44)46(35-19-11-8-12-20-35,36-21-13-9-14-22-36)37-23-15-10-16-24-37/h5,8-26,28-31H,2,4,6-7,27,32H2,1,3H3,(H,48,54). The molecule has 0 aliphatic carbocycles. The molecule has 0 bridgehead atoms. The van der Waals surface area contributed by atoms with E-state index in [0.29, 0.717) is 24.6 Å². The van der Waals surface area contributed by atoms with Crippen molar-refractivity contribution < 1.29 is 14.3 Å². The molecule has 280 valence electrons. The van der Waals surface area contributed by atoms with Crippen LogP contribution >= 0.6 is 0 Å². The molecule has 56 heavy (non-hydrogen) atoms. The van der Waals surface area contributed by atoms with Crippen LogP contribution in [0, 0.1) is 0 Å². The van der Waals surface area contributed by atoms with Gasteiger partial charge in [0.05, 0.1) is 6.61 Å². The van der Waals surface area contributed by atoms with Crippen molar-refractivity contribution >= 4 is 17.7 Å². The van der Waals surface area contributed by atoms with E-state index < -0.39 is 17.4 Å². The first kappa shape index (κ1) is 37.4. The molecule has 1 amide bonds. The number of ether oxygens (including phenoxy) is 1. The van der Waals surface area contributed by atoms with Crippen molar-refractivity contribution in [3.63, 3.8) is 0 Å². The number of nitrogens with zero attached hydrogens (tertiary/aromatic N) is 6. The number of nitrogens with one attached hydrogen (secondary N) is 1. The Morgan fingerprint density at radius 1 is 0.768 bits per heavy atom. The highest BCUT2D eigenvalue weighted by molar-refractivity contribution is 6.03. The average molecular weight is 742 g/mol. The van der Waals surface area contributed by atoms with Crippen LogP contribution in [0.15, 0.2) is 152 Å². The topological polar surface area (TPSA) is 117 Å². The highest BCUT2D eigenvalue weighted by Crippen LogP contribution is 2.43. The summed E-state index contributed by atoms with van der Waals surface area (Å²) >= 11 is 0. The highest BCUT2D eigenvalue weighted by atomic mass is 16.5. The second kappa shape index (κ2) is 17.0. The van der Waals surface area contributed by atoms with Gasteiger partial charge in [-0.1, -0.05) is 159 Å². The Morgan fingerprint density at radius 3 is 1.89 bits per heavy atom. The van der Waals surface area contributed by atoms with Crippen molar-refractivity contribution in [2.75, 3.05) is 11.9 Å². The van der Waals surface area contributed by atoms with Gasteiger partial charge in [-0.25, -0.2) is 14.5 Å². The second-order valence-electron chi connectivity index (χ2n) is 13.3. The summed E-state index contributed by atoms with van der Waals surface area (Å²) in [5.74, 6) is 0.454. The number of aryl methyl sites for hydroxylation is 1. The van der Waals surface area contributed by atoms with E-state index in [-0.39, 0.29) is 18.1 Å². The summed E-state index contributed by atoms with van der Waals surface area (Å²) in [7, 11) is 0. The van der Waals surface area contributed by atoms with Gasteiger partial charge in [0, 0.05) is 18.5 Å². The van der Waals surface area contributed by atoms with E-state index in [9.17, 15) is 9.59 Å². The van der Waals surface area contributed by atoms with Gasteiger partial charge >= 0.3 is 5.97 Å². The molecule has 0 atom stereocenters. The number of hydrogen-bond donors (Lipinski definition) is 1. The van der Waals surface area contributed by atoms with Crippen molar-refractivity contribution in [2.45, 2.75) is 45.2 Å². The molecule has 5 aromatic carbocycles. The summed E-state index contributed by atoms with van der Waals surface area (Å²) in [6.45, 7) is 7.93. The molecule has 0 unspecified atom stereocenters. The predicted octanol–water partition coefficient (Wildman–Crippen LogP) is 8.74. The molecule has 2 heterocycles. The Balaban J connectivity index is 1.32. The number of benzene rings is 5. The number of esters is 1. The maximum atomic E-state index is 13.3. The number of rotatable bonds is 15. The van der Waals surface area contributed by atoms with Gasteiger partial charge in [-0.05, 0) is 63.2 Å². The third-order valence-electron chi connectivity index (χ3n) is 9.83. The summed E-state index contributed by atoms with van der Waals surface area (Å²) in [6, 6.07) is 47.3. The lowest BCUT2D eigenvalue weighted by molar-refractivity contribution is -0.111. The number of anilines is 1. The minimum absolute atomic E-state index is 0.167. The van der Waals surface area contributed by atoms with Crippen LogP contribution in [0.4, 0.5) is 5.82 Å². The van der Waals surface area contributed by atoms with Crippen molar-refractivity contribution in [1.29, 1.82) is 0 Å². The van der Waals surface area contributed by atoms with Crippen LogP contribution in [0.1, 0.15) is 65.3 Å². The molecule has 1 N–H and O–H groups in total. The predicted molar refractivity (Wildman–Crippen MR) is 218 cm³/mol. The zero-order valence-electron chi connectivity index (χ0n) is 31.5. The maximum absolute atomic E-state index is 13.3. The lowest BCUT2D eigenvalue weighted by Crippen LogP contribution is -2.39. The van der Waals surface area contributed by atoms with Crippen molar-refractivity contribution in [2.24, 2.45) is 0 Å². The van der Waals surface area contributed by atoms with Crippen molar-refractivity contribution in [3.05, 3.63) is 186 Å². The highest BCUT2D eigenvalue weighted by Gasteiger charge is 2.42. The van der Waals surface area contributed by atoms with Gasteiger partial charge in [0.2, 0.25) is 5.91 Å². The van der Waals surface area contributed by atoms with Crippen molar-refractivity contribution in [1.82, 2.24) is 29.8 Å². The van der Waals surface area contributed by atoms with E-state index in [2.05, 4.69) is 78.6 Å². The smallest absolute Gasteiger partial charge is 0.358 e. The number of imidazole rings is 1. The van der Waals surface area contributed by atoms with Crippen LogP contribution in [0.2, 0.25) is 0 Å². The maximum Gasteiger partial charge on any atom is 0.358 e. The van der Waals surface area contributed by atoms with Gasteiger partial charge in [0.15, 0.2) is 17.3 Å². The minimum Gasteiger partial charge on any atom is -0.461 e. The molecule has 10 nitrogen and oxygen atoms in total. The van der Waals surface area contributed by atoms with E-state index in [1.807, 2.05) is 94.2 Å². The molecule has 7 rings (SSSR count). The third-order valence-corrected chi connectivity index (χ3v) is 9.83. The first-order valence-electron chi connectivity index (χ1n) is 18.8. The van der Waals surface area contributed by atoms with Gasteiger partial charge in [-0.3, -0.25) is 4.79 Å². The van der Waals surface area contributed by atoms with E-state index in [0.717, 1.165) is 57.9 Å². The molecular formula is C46H43N7O3. The average Bonchev–Trinajstić information content (AvgIpc) is 3.87. The van der Waals surface area contributed by atoms with Gasteiger partial charge in [-0.2, -0.15) is 0 Å². The number of carbonyl (C=O) groups excluding carboxylic acids is 2. The monoisotopic (exact) mass is 741 g/mol. The summed E-state index contributed by atoms with van der Waals surface area (Å²) in [5.41, 5.74) is 6.06. The summed E-state index contributed by atoms with van der Waals surface area (Å²) in [6.07, 6.45) is 3.59. The molecule has 0 saturated heterocycles. The van der Waals surface area contributed by atoms with Crippen molar-refractivity contribution in [3.8, 4) is 22.5 Å². The molecule has 10 heteroatoms. The number of hydrogen-bond acceptors (Lipinski definition) is 7. The quantitative estimate of drug-likeness (QED) is 0.0635. The van der Waals surface area contributed by atoms with Gasteiger partial charge in [-0.15, -0.1) is 5.10 Å². The molecular weight excluding hydrogens is 699 g/mol. The number of aromatic nitrogens is 6. The number of carbonyl (C=O) groups is 2. The largest absolute Gasteiger partial charge is 0.461 e. The van der Waals surface area contributed by atoms with Crippen LogP contribution in [-0.2, 0) is 28.0 Å². The zero-order valence-corrected chi connectivity index (χ0v) is 31.5. The molecule has 7 aromatic rings. The first-order valence-corrected chi connectivity index (χ1v) is 18.8. The molecule has 0 aliphatic rings. The van der Waals surface area contributed by atoms with Crippen LogP contribution in [-0.4, -0.2) is 48.2 Å². The zero-order chi connectivity index (χ0) is 38.9. The fraction of sp³-hybridized carbons (Fsp3) is 0.174. The number of amides is 1. The Bertz CT molecular complexity index is 2330. The van der Waals surface area contributed by atoms with E-state index in [1.54, 1.807) is 6.92 Å². The van der Waals surface area contributed by atoms with Gasteiger partial charge in [0.1, 0.15) is 11.4 Å². The van der Waals surface area contributed by atoms with E-state index in [1.165, 1.54) is 0 Å². The van der Waals surface area contributed by atoms with Gasteiger partial charge in [0.25, 0.3) is 0 Å². The molecule has 2 aromatic heterocycles. The van der Waals surface area contributed by atoms with Gasteiger partial charge < -0.3 is 14.6 Å². The van der Waals surface area contributed by atoms with E-state index in [4.69, 9.17) is 20.0 Å². The normalized spacial score (nSPS) is 11.2. The molecule has 0 radical (unpaired) electrons. The fourth-order valence-electron chi connectivity index (χ4n) is 7.24. The summed E-state index contributed by atoms with van der Waals surface area (Å²) < 4.78 is 9.22. The lowest BCUT2D eigenvalue weighted by Gasteiger charge is -2.36. The molecule has 0 spiro atoms. The van der Waals surface area contributed by atoms with Crippen LogP contribution < -0.4 is 5.32 Å². The Labute approximate surface area is 326 Å². The molecule has 0 fully saturated rings. The number of tetrazole rings is 1. The van der Waals surface area contributed by atoms with Crippen LogP contribution in [0.25, 0.3) is 22.5 Å².